The van der Waals surface area contributed by atoms with E-state index in [9.17, 15) is 4.79 Å². The van der Waals surface area contributed by atoms with Gasteiger partial charge in [0.25, 0.3) is 0 Å². The van der Waals surface area contributed by atoms with Crippen LogP contribution < -0.4 is 5.32 Å². The molecule has 3 rings (SSSR count). The molecule has 134 valence electrons. The van der Waals surface area contributed by atoms with Crippen LogP contribution in [0.3, 0.4) is 0 Å². The number of hydrogen-bond acceptors (Lipinski definition) is 4. The molecule has 0 fully saturated rings. The molecule has 0 saturated carbocycles. The van der Waals surface area contributed by atoms with Gasteiger partial charge in [0, 0.05) is 27.8 Å². The number of aromatic nitrogens is 3. The van der Waals surface area contributed by atoms with Gasteiger partial charge in [0.05, 0.1) is 5.75 Å². The summed E-state index contributed by atoms with van der Waals surface area (Å²) in [5, 5.41) is 12.6. The minimum absolute atomic E-state index is 0.0901. The highest BCUT2D eigenvalue weighted by Gasteiger charge is 2.13. The zero-order valence-electron chi connectivity index (χ0n) is 14.2. The van der Waals surface area contributed by atoms with Gasteiger partial charge in [-0.15, -0.1) is 10.2 Å². The molecule has 3 aromatic rings. The first-order valence-electron chi connectivity index (χ1n) is 7.78. The molecule has 1 amide bonds. The quantitative estimate of drug-likeness (QED) is 0.558. The molecule has 0 aliphatic rings. The molecule has 0 aliphatic heterocycles. The number of benzene rings is 2. The van der Waals surface area contributed by atoms with Gasteiger partial charge in [0.15, 0.2) is 11.0 Å². The molecule has 0 atom stereocenters. The van der Waals surface area contributed by atoms with E-state index in [4.69, 9.17) is 11.6 Å². The van der Waals surface area contributed by atoms with Crippen molar-refractivity contribution in [3.05, 3.63) is 57.5 Å². The Bertz CT molecular complexity index is 960. The molecule has 26 heavy (non-hydrogen) atoms. The molecule has 0 unspecified atom stereocenters. The van der Waals surface area contributed by atoms with Gasteiger partial charge in [-0.2, -0.15) is 0 Å². The molecular formula is C18H16BrClN4OS. The Morgan fingerprint density at radius 3 is 2.81 bits per heavy atom. The van der Waals surface area contributed by atoms with E-state index in [1.54, 1.807) is 0 Å². The number of nitrogens with zero attached hydrogens (tertiary/aromatic N) is 3. The van der Waals surface area contributed by atoms with Crippen LogP contribution in [0.4, 0.5) is 5.69 Å². The summed E-state index contributed by atoms with van der Waals surface area (Å²) in [4.78, 5) is 12.2. The minimum atomic E-state index is -0.0901. The van der Waals surface area contributed by atoms with Gasteiger partial charge in [-0.3, -0.25) is 4.79 Å². The first-order chi connectivity index (χ1) is 12.4. The fourth-order valence-electron chi connectivity index (χ4n) is 2.40. The normalized spacial score (nSPS) is 10.8. The topological polar surface area (TPSA) is 59.8 Å². The van der Waals surface area contributed by atoms with Crippen LogP contribution in [-0.2, 0) is 11.8 Å². The fourth-order valence-corrected chi connectivity index (χ4v) is 3.78. The number of anilines is 1. The van der Waals surface area contributed by atoms with Crippen molar-refractivity contribution < 1.29 is 4.79 Å². The number of hydrogen-bond donors (Lipinski definition) is 1. The lowest BCUT2D eigenvalue weighted by molar-refractivity contribution is -0.113. The summed E-state index contributed by atoms with van der Waals surface area (Å²) < 4.78 is 2.84. The third kappa shape index (κ3) is 4.47. The average Bonchev–Trinajstić information content (AvgIpc) is 2.96. The first kappa shape index (κ1) is 18.9. The zero-order chi connectivity index (χ0) is 18.7. The fraction of sp³-hybridized carbons (Fsp3) is 0.167. The number of aryl methyl sites for hydroxylation is 1. The van der Waals surface area contributed by atoms with E-state index < -0.39 is 0 Å². The van der Waals surface area contributed by atoms with Crippen LogP contribution in [0.25, 0.3) is 11.4 Å². The predicted octanol–water partition coefficient (Wildman–Crippen LogP) is 4.94. The maximum absolute atomic E-state index is 12.2. The summed E-state index contributed by atoms with van der Waals surface area (Å²) in [6.07, 6.45) is 0. The van der Waals surface area contributed by atoms with Crippen molar-refractivity contribution in [1.29, 1.82) is 0 Å². The number of halogens is 2. The Hall–Kier alpha value is -1.83. The number of rotatable bonds is 5. The van der Waals surface area contributed by atoms with Crippen molar-refractivity contribution in [2.45, 2.75) is 12.1 Å². The van der Waals surface area contributed by atoms with Gasteiger partial charge in [0.1, 0.15) is 0 Å². The maximum atomic E-state index is 12.2. The Balaban J connectivity index is 1.66. The maximum Gasteiger partial charge on any atom is 0.234 e. The lowest BCUT2D eigenvalue weighted by Crippen LogP contribution is -2.15. The Morgan fingerprint density at radius 1 is 1.27 bits per heavy atom. The lowest BCUT2D eigenvalue weighted by atomic mass is 10.2. The van der Waals surface area contributed by atoms with E-state index in [0.717, 1.165) is 21.3 Å². The van der Waals surface area contributed by atoms with Gasteiger partial charge in [-0.1, -0.05) is 51.4 Å². The van der Waals surface area contributed by atoms with E-state index in [0.29, 0.717) is 16.0 Å². The lowest BCUT2D eigenvalue weighted by Gasteiger charge is -2.08. The summed E-state index contributed by atoms with van der Waals surface area (Å²) in [6.45, 7) is 1.95. The van der Waals surface area contributed by atoms with Gasteiger partial charge >= 0.3 is 0 Å². The van der Waals surface area contributed by atoms with Crippen LogP contribution in [0, 0.1) is 6.92 Å². The van der Waals surface area contributed by atoms with E-state index in [2.05, 4.69) is 31.4 Å². The van der Waals surface area contributed by atoms with Gasteiger partial charge in [-0.05, 0) is 42.8 Å². The van der Waals surface area contributed by atoms with Crippen LogP contribution in [0.5, 0.6) is 0 Å². The molecular weight excluding hydrogens is 436 g/mol. The molecule has 0 aliphatic carbocycles. The Morgan fingerprint density at radius 2 is 2.08 bits per heavy atom. The SMILES string of the molecule is Cc1cc(Br)ccc1NC(=O)CSc1nnc(-c2cccc(Cl)c2)n1C. The smallest absolute Gasteiger partial charge is 0.234 e. The van der Waals surface area contributed by atoms with Crippen molar-refractivity contribution in [2.75, 3.05) is 11.1 Å². The largest absolute Gasteiger partial charge is 0.325 e. The van der Waals surface area contributed by atoms with Crippen LogP contribution in [0.2, 0.25) is 5.02 Å². The number of carbonyl (C=O) groups excluding carboxylic acids is 1. The Kier molecular flexibility index (Phi) is 6.01. The zero-order valence-corrected chi connectivity index (χ0v) is 17.3. The molecule has 0 bridgehead atoms. The molecule has 1 heterocycles. The third-order valence-electron chi connectivity index (χ3n) is 3.71. The highest BCUT2D eigenvalue weighted by Crippen LogP contribution is 2.25. The molecule has 0 spiro atoms. The van der Waals surface area contributed by atoms with Crippen LogP contribution in [0.1, 0.15) is 5.56 Å². The van der Waals surface area contributed by atoms with E-state index in [-0.39, 0.29) is 11.7 Å². The van der Waals surface area contributed by atoms with E-state index >= 15 is 0 Å². The second-order valence-electron chi connectivity index (χ2n) is 5.67. The highest BCUT2D eigenvalue weighted by molar-refractivity contribution is 9.10. The summed E-state index contributed by atoms with van der Waals surface area (Å²) in [5.74, 6) is 0.865. The molecule has 0 radical (unpaired) electrons. The second-order valence-corrected chi connectivity index (χ2v) is 7.97. The number of amides is 1. The van der Waals surface area contributed by atoms with Crippen molar-refractivity contribution in [1.82, 2.24) is 14.8 Å². The standard InChI is InChI=1S/C18H16BrClN4OS/c1-11-8-13(19)6-7-15(11)21-16(25)10-26-18-23-22-17(24(18)2)12-4-3-5-14(20)9-12/h3-9H,10H2,1-2H3,(H,21,25). The molecule has 1 aromatic heterocycles. The summed E-state index contributed by atoms with van der Waals surface area (Å²) >= 11 is 10.8. The summed E-state index contributed by atoms with van der Waals surface area (Å²) in [7, 11) is 1.87. The number of nitrogens with one attached hydrogen (secondary N) is 1. The molecule has 8 heteroatoms. The van der Waals surface area contributed by atoms with Crippen molar-refractivity contribution in [3.63, 3.8) is 0 Å². The van der Waals surface area contributed by atoms with Gasteiger partial charge in [0.2, 0.25) is 5.91 Å². The average molecular weight is 452 g/mol. The van der Waals surface area contributed by atoms with Crippen LogP contribution in [-0.4, -0.2) is 26.4 Å². The highest BCUT2D eigenvalue weighted by atomic mass is 79.9. The molecule has 5 nitrogen and oxygen atoms in total. The summed E-state index contributed by atoms with van der Waals surface area (Å²) in [6, 6.07) is 13.2. The molecule has 0 saturated heterocycles. The third-order valence-corrected chi connectivity index (χ3v) is 5.46. The number of thioether (sulfide) groups is 1. The predicted molar refractivity (Wildman–Crippen MR) is 110 cm³/mol. The molecule has 1 N–H and O–H groups in total. The second kappa shape index (κ2) is 8.24. The van der Waals surface area contributed by atoms with Gasteiger partial charge < -0.3 is 9.88 Å². The van der Waals surface area contributed by atoms with Gasteiger partial charge in [-0.25, -0.2) is 0 Å². The molecule has 2 aromatic carbocycles. The van der Waals surface area contributed by atoms with Crippen molar-refractivity contribution in [3.8, 4) is 11.4 Å². The monoisotopic (exact) mass is 450 g/mol. The van der Waals surface area contributed by atoms with E-state index in [1.807, 2.05) is 61.0 Å². The van der Waals surface area contributed by atoms with Crippen molar-refractivity contribution >= 4 is 50.9 Å². The Labute approximate surface area is 169 Å². The minimum Gasteiger partial charge on any atom is -0.325 e. The number of carbonyl (C=O) groups is 1. The van der Waals surface area contributed by atoms with Crippen molar-refractivity contribution in [2.24, 2.45) is 7.05 Å². The van der Waals surface area contributed by atoms with Crippen LogP contribution in [0.15, 0.2) is 52.1 Å². The summed E-state index contributed by atoms with van der Waals surface area (Å²) in [5.41, 5.74) is 2.69. The van der Waals surface area contributed by atoms with Crippen LogP contribution >= 0.6 is 39.3 Å². The first-order valence-corrected chi connectivity index (χ1v) is 9.94. The van der Waals surface area contributed by atoms with E-state index in [1.165, 1.54) is 11.8 Å².